The van der Waals surface area contributed by atoms with Crippen molar-refractivity contribution >= 4 is 6.09 Å². The lowest BCUT2D eigenvalue weighted by Crippen LogP contribution is -2.46. The number of hydrogen-bond acceptors (Lipinski definition) is 4. The number of rotatable bonds is 5. The second-order valence-electron chi connectivity index (χ2n) is 6.25. The van der Waals surface area contributed by atoms with Crippen molar-refractivity contribution in [3.05, 3.63) is 0 Å². The van der Waals surface area contributed by atoms with Gasteiger partial charge in [0.25, 0.3) is 0 Å². The van der Waals surface area contributed by atoms with E-state index in [9.17, 15) is 9.90 Å². The Labute approximate surface area is 115 Å². The first kappa shape index (κ1) is 14.6. The van der Waals surface area contributed by atoms with Gasteiger partial charge in [-0.25, -0.2) is 4.79 Å². The second kappa shape index (κ2) is 6.09. The van der Waals surface area contributed by atoms with Gasteiger partial charge in [-0.3, -0.25) is 0 Å². The minimum atomic E-state index is -0.535. The number of carbonyl (C=O) groups excluding carboxylic acids is 1. The third-order valence-corrected chi connectivity index (χ3v) is 4.37. The van der Waals surface area contributed by atoms with Crippen LogP contribution >= 0.6 is 0 Å². The summed E-state index contributed by atoms with van der Waals surface area (Å²) in [4.78, 5) is 15.2. The maximum Gasteiger partial charge on any atom is 0.409 e. The molecular formula is C14H26N2O3. The summed E-state index contributed by atoms with van der Waals surface area (Å²) in [6, 6.07) is 0. The van der Waals surface area contributed by atoms with Crippen LogP contribution in [-0.4, -0.2) is 66.4 Å². The van der Waals surface area contributed by atoms with E-state index in [0.29, 0.717) is 26.2 Å². The summed E-state index contributed by atoms with van der Waals surface area (Å²) in [5.74, 6) is 0.741. The lowest BCUT2D eigenvalue weighted by atomic mass is 9.79. The smallest absolute Gasteiger partial charge is 0.409 e. The van der Waals surface area contributed by atoms with Crippen molar-refractivity contribution in [3.8, 4) is 0 Å². The molecule has 1 saturated carbocycles. The molecule has 5 nitrogen and oxygen atoms in total. The fourth-order valence-electron chi connectivity index (χ4n) is 2.96. The lowest BCUT2D eigenvalue weighted by molar-refractivity contribution is -0.0306. The Kier molecular flexibility index (Phi) is 4.68. The molecule has 2 aliphatic rings. The molecule has 1 saturated heterocycles. The molecular weight excluding hydrogens is 244 g/mol. The Morgan fingerprint density at radius 3 is 2.74 bits per heavy atom. The number of amides is 1. The number of cyclic esters (lactones) is 1. The number of nitrogens with zero attached hydrogens (tertiary/aromatic N) is 2. The summed E-state index contributed by atoms with van der Waals surface area (Å²) in [5, 5.41) is 10.6. The summed E-state index contributed by atoms with van der Waals surface area (Å²) >= 11 is 0. The first-order chi connectivity index (χ1) is 8.98. The zero-order chi connectivity index (χ0) is 13.9. The fourth-order valence-corrected chi connectivity index (χ4v) is 2.96. The molecule has 5 heteroatoms. The van der Waals surface area contributed by atoms with E-state index in [1.54, 1.807) is 4.90 Å². The third-order valence-electron chi connectivity index (χ3n) is 4.37. The quantitative estimate of drug-likeness (QED) is 0.818. The highest BCUT2D eigenvalue weighted by atomic mass is 16.6. The summed E-state index contributed by atoms with van der Waals surface area (Å²) < 4.78 is 4.90. The molecule has 1 aliphatic heterocycles. The average Bonchev–Trinajstić information content (AvgIpc) is 2.76. The molecule has 1 aliphatic carbocycles. The van der Waals surface area contributed by atoms with Crippen LogP contribution in [0.15, 0.2) is 0 Å². The molecule has 0 unspecified atom stereocenters. The summed E-state index contributed by atoms with van der Waals surface area (Å²) in [5.41, 5.74) is -0.535. The minimum Gasteiger partial charge on any atom is -0.448 e. The van der Waals surface area contributed by atoms with Crippen LogP contribution < -0.4 is 0 Å². The molecule has 1 heterocycles. The molecule has 0 spiro atoms. The van der Waals surface area contributed by atoms with E-state index in [1.807, 2.05) is 7.05 Å². The summed E-state index contributed by atoms with van der Waals surface area (Å²) in [7, 11) is 2.01. The number of hydrogen-bond donors (Lipinski definition) is 1. The Hall–Kier alpha value is -0.810. The monoisotopic (exact) mass is 270 g/mol. The zero-order valence-electron chi connectivity index (χ0n) is 12.1. The molecule has 0 aromatic rings. The highest BCUT2D eigenvalue weighted by molar-refractivity contribution is 5.69. The zero-order valence-corrected chi connectivity index (χ0v) is 12.1. The van der Waals surface area contributed by atoms with Gasteiger partial charge < -0.3 is 19.6 Å². The van der Waals surface area contributed by atoms with Crippen LogP contribution in [0.2, 0.25) is 0 Å². The van der Waals surface area contributed by atoms with Gasteiger partial charge in [0.2, 0.25) is 0 Å². The van der Waals surface area contributed by atoms with E-state index in [0.717, 1.165) is 38.1 Å². The van der Waals surface area contributed by atoms with E-state index in [-0.39, 0.29) is 6.09 Å². The number of carbonyl (C=O) groups is 1. The Morgan fingerprint density at radius 2 is 2.16 bits per heavy atom. The van der Waals surface area contributed by atoms with Gasteiger partial charge in [0.1, 0.15) is 6.61 Å². The first-order valence-electron chi connectivity index (χ1n) is 7.31. The van der Waals surface area contributed by atoms with Crippen molar-refractivity contribution in [2.45, 2.75) is 38.2 Å². The van der Waals surface area contributed by atoms with E-state index in [1.165, 1.54) is 0 Å². The maximum absolute atomic E-state index is 11.3. The molecule has 0 bridgehead atoms. The van der Waals surface area contributed by atoms with E-state index in [4.69, 9.17) is 4.74 Å². The van der Waals surface area contributed by atoms with Gasteiger partial charge in [-0.15, -0.1) is 0 Å². The number of likely N-dealkylation sites (N-methyl/N-ethyl adjacent to an activating group) is 1. The SMILES string of the molecule is CC1CCC(O)(CN(C)CCN2CCOC2=O)CC1. The fraction of sp³-hybridized carbons (Fsp3) is 0.929. The summed E-state index contributed by atoms with van der Waals surface area (Å²) in [6.07, 6.45) is 3.80. The van der Waals surface area contributed by atoms with Crippen molar-refractivity contribution in [1.82, 2.24) is 9.80 Å². The molecule has 2 rings (SSSR count). The average molecular weight is 270 g/mol. The molecule has 19 heavy (non-hydrogen) atoms. The molecule has 0 atom stereocenters. The maximum atomic E-state index is 11.3. The molecule has 2 fully saturated rings. The number of aliphatic hydroxyl groups is 1. The van der Waals surface area contributed by atoms with Crippen LogP contribution in [0.4, 0.5) is 4.79 Å². The van der Waals surface area contributed by atoms with Crippen LogP contribution in [-0.2, 0) is 4.74 Å². The van der Waals surface area contributed by atoms with Crippen LogP contribution in [0.25, 0.3) is 0 Å². The van der Waals surface area contributed by atoms with Crippen molar-refractivity contribution in [2.75, 3.05) is 39.8 Å². The molecule has 1 N–H and O–H groups in total. The van der Waals surface area contributed by atoms with Gasteiger partial charge in [-0.1, -0.05) is 6.92 Å². The van der Waals surface area contributed by atoms with Gasteiger partial charge in [-0.05, 0) is 38.6 Å². The highest BCUT2D eigenvalue weighted by Gasteiger charge is 2.33. The largest absolute Gasteiger partial charge is 0.448 e. The topological polar surface area (TPSA) is 53.0 Å². The Bertz CT molecular complexity index is 314. The minimum absolute atomic E-state index is 0.210. The van der Waals surface area contributed by atoms with Gasteiger partial charge in [-0.2, -0.15) is 0 Å². The van der Waals surface area contributed by atoms with Crippen molar-refractivity contribution < 1.29 is 14.6 Å². The van der Waals surface area contributed by atoms with Crippen LogP contribution in [0.3, 0.4) is 0 Å². The third kappa shape index (κ3) is 4.08. The van der Waals surface area contributed by atoms with Crippen molar-refractivity contribution in [1.29, 1.82) is 0 Å². The van der Waals surface area contributed by atoms with Crippen molar-refractivity contribution in [3.63, 3.8) is 0 Å². The molecule has 0 aromatic carbocycles. The highest BCUT2D eigenvalue weighted by Crippen LogP contribution is 2.32. The van der Waals surface area contributed by atoms with Gasteiger partial charge >= 0.3 is 6.09 Å². The van der Waals surface area contributed by atoms with E-state index < -0.39 is 5.60 Å². The van der Waals surface area contributed by atoms with E-state index in [2.05, 4.69) is 11.8 Å². The molecule has 110 valence electrons. The second-order valence-corrected chi connectivity index (χ2v) is 6.25. The molecule has 0 radical (unpaired) electrons. The van der Waals surface area contributed by atoms with Crippen LogP contribution in [0.1, 0.15) is 32.6 Å². The van der Waals surface area contributed by atoms with Crippen LogP contribution in [0, 0.1) is 5.92 Å². The standard InChI is InChI=1S/C14H26N2O3/c1-12-3-5-14(18,6-4-12)11-15(2)7-8-16-9-10-19-13(16)17/h12,18H,3-11H2,1-2H3. The normalized spacial score (nSPS) is 31.9. The Morgan fingerprint density at radius 1 is 1.47 bits per heavy atom. The number of ether oxygens (including phenoxy) is 1. The summed E-state index contributed by atoms with van der Waals surface area (Å²) in [6.45, 7) is 5.61. The van der Waals surface area contributed by atoms with Gasteiger partial charge in [0.15, 0.2) is 0 Å². The lowest BCUT2D eigenvalue weighted by Gasteiger charge is -2.38. The Balaban J connectivity index is 1.71. The molecule has 0 aromatic heterocycles. The molecule has 1 amide bonds. The van der Waals surface area contributed by atoms with Gasteiger partial charge in [0, 0.05) is 19.6 Å². The first-order valence-corrected chi connectivity index (χ1v) is 7.31. The predicted molar refractivity (Wildman–Crippen MR) is 73.0 cm³/mol. The van der Waals surface area contributed by atoms with Crippen molar-refractivity contribution in [2.24, 2.45) is 5.92 Å². The van der Waals surface area contributed by atoms with Crippen LogP contribution in [0.5, 0.6) is 0 Å². The predicted octanol–water partition coefficient (Wildman–Crippen LogP) is 1.31. The van der Waals surface area contributed by atoms with E-state index >= 15 is 0 Å². The van der Waals surface area contributed by atoms with Gasteiger partial charge in [0.05, 0.1) is 12.1 Å².